The Balaban J connectivity index is 2.14. The topological polar surface area (TPSA) is 79.9 Å². The molecule has 0 bridgehead atoms. The lowest BCUT2D eigenvalue weighted by molar-refractivity contribution is 0.00605. The molecule has 1 unspecified atom stereocenters. The molecule has 0 radical (unpaired) electrons. The average molecular weight is 252 g/mol. The monoisotopic (exact) mass is 252 g/mol. The summed E-state index contributed by atoms with van der Waals surface area (Å²) in [6.45, 7) is 9.50. The highest BCUT2D eigenvalue weighted by molar-refractivity contribution is 5.88. The van der Waals surface area contributed by atoms with Crippen molar-refractivity contribution in [2.75, 3.05) is 13.1 Å². The Morgan fingerprint density at radius 3 is 2.56 bits per heavy atom. The Bertz CT molecular complexity index is 432. The third-order valence-corrected chi connectivity index (χ3v) is 3.12. The molecule has 1 saturated heterocycles. The van der Waals surface area contributed by atoms with Gasteiger partial charge in [-0.3, -0.25) is 0 Å². The van der Waals surface area contributed by atoms with Crippen LogP contribution in [0.2, 0.25) is 0 Å². The second-order valence-electron chi connectivity index (χ2n) is 5.77. The van der Waals surface area contributed by atoms with Crippen molar-refractivity contribution in [1.29, 1.82) is 0 Å². The summed E-state index contributed by atoms with van der Waals surface area (Å²) in [6.07, 6.45) is 0. The third kappa shape index (κ3) is 2.69. The number of esters is 1. The molecule has 0 amide bonds. The number of hydrogen-bond acceptors (Lipinski definition) is 5. The van der Waals surface area contributed by atoms with Gasteiger partial charge >= 0.3 is 5.97 Å². The van der Waals surface area contributed by atoms with Gasteiger partial charge in [0.25, 0.3) is 0 Å². The van der Waals surface area contributed by atoms with Gasteiger partial charge in [-0.1, -0.05) is 6.92 Å². The fraction of sp³-hybridized carbons (Fsp3) is 0.750. The first-order valence-electron chi connectivity index (χ1n) is 6.23. The van der Waals surface area contributed by atoms with Crippen LogP contribution in [0.3, 0.4) is 0 Å². The van der Waals surface area contributed by atoms with E-state index < -0.39 is 11.6 Å². The highest BCUT2D eigenvalue weighted by Gasteiger charge is 2.32. The number of hydrogen-bond donors (Lipinski definition) is 2. The Morgan fingerprint density at radius 2 is 2.06 bits per heavy atom. The minimum absolute atomic E-state index is 0.201. The van der Waals surface area contributed by atoms with Gasteiger partial charge in [0.1, 0.15) is 11.3 Å². The quantitative estimate of drug-likeness (QED) is 0.787. The van der Waals surface area contributed by atoms with Crippen molar-refractivity contribution >= 4 is 5.97 Å². The van der Waals surface area contributed by atoms with E-state index >= 15 is 0 Å². The standard InChI is InChI=1S/C12H20N4O2/c1-7(8-5-13-6-8)9-10(15-16-14-9)11(17)18-12(2,3)4/h7-8,13H,5-6H2,1-4H3,(H,14,15,16). The summed E-state index contributed by atoms with van der Waals surface area (Å²) in [7, 11) is 0. The molecule has 2 heterocycles. The average Bonchev–Trinajstić information content (AvgIpc) is 2.59. The number of nitrogens with zero attached hydrogens (tertiary/aromatic N) is 2. The molecule has 2 N–H and O–H groups in total. The van der Waals surface area contributed by atoms with Crippen LogP contribution in [0.15, 0.2) is 0 Å². The fourth-order valence-electron chi connectivity index (χ4n) is 1.92. The van der Waals surface area contributed by atoms with Crippen LogP contribution in [0.25, 0.3) is 0 Å². The highest BCUT2D eigenvalue weighted by atomic mass is 16.6. The van der Waals surface area contributed by atoms with E-state index in [-0.39, 0.29) is 5.92 Å². The van der Waals surface area contributed by atoms with Crippen molar-refractivity contribution < 1.29 is 9.53 Å². The number of nitrogens with one attached hydrogen (secondary N) is 2. The van der Waals surface area contributed by atoms with Gasteiger partial charge in [0, 0.05) is 5.92 Å². The number of ether oxygens (including phenoxy) is 1. The molecule has 6 nitrogen and oxygen atoms in total. The van der Waals surface area contributed by atoms with Crippen LogP contribution < -0.4 is 5.32 Å². The van der Waals surface area contributed by atoms with E-state index in [0.717, 1.165) is 13.1 Å². The molecule has 0 aliphatic carbocycles. The van der Waals surface area contributed by atoms with Gasteiger partial charge < -0.3 is 10.1 Å². The minimum Gasteiger partial charge on any atom is -0.455 e. The van der Waals surface area contributed by atoms with Crippen LogP contribution in [0.4, 0.5) is 0 Å². The predicted molar refractivity (Wildman–Crippen MR) is 66.3 cm³/mol. The second kappa shape index (κ2) is 4.68. The lowest BCUT2D eigenvalue weighted by atomic mass is 9.86. The summed E-state index contributed by atoms with van der Waals surface area (Å²) in [6, 6.07) is 0. The number of aromatic nitrogens is 3. The van der Waals surface area contributed by atoms with Gasteiger partial charge in [-0.2, -0.15) is 10.3 Å². The molecular formula is C12H20N4O2. The molecule has 1 aromatic rings. The molecule has 1 aliphatic heterocycles. The van der Waals surface area contributed by atoms with E-state index in [0.29, 0.717) is 17.3 Å². The van der Waals surface area contributed by atoms with Crippen LogP contribution in [-0.2, 0) is 4.74 Å². The molecule has 1 aliphatic rings. The highest BCUT2D eigenvalue weighted by Crippen LogP contribution is 2.27. The first kappa shape index (κ1) is 13.0. The van der Waals surface area contributed by atoms with E-state index in [4.69, 9.17) is 4.74 Å². The van der Waals surface area contributed by atoms with Crippen molar-refractivity contribution in [2.45, 2.75) is 39.2 Å². The molecule has 18 heavy (non-hydrogen) atoms. The lowest BCUT2D eigenvalue weighted by Gasteiger charge is -2.31. The van der Waals surface area contributed by atoms with Crippen molar-refractivity contribution in [3.8, 4) is 0 Å². The van der Waals surface area contributed by atoms with E-state index in [1.165, 1.54) is 0 Å². The van der Waals surface area contributed by atoms with Crippen LogP contribution in [-0.4, -0.2) is 40.1 Å². The Kier molecular flexibility index (Phi) is 3.38. The first-order valence-corrected chi connectivity index (χ1v) is 6.23. The maximum atomic E-state index is 12.0. The summed E-state index contributed by atoms with van der Waals surface area (Å²) in [5.41, 5.74) is 0.495. The summed E-state index contributed by atoms with van der Waals surface area (Å²) in [5, 5.41) is 13.8. The maximum Gasteiger partial charge on any atom is 0.361 e. The van der Waals surface area contributed by atoms with Gasteiger partial charge in [0.2, 0.25) is 0 Å². The first-order chi connectivity index (χ1) is 8.38. The predicted octanol–water partition coefficient (Wildman–Crippen LogP) is 1.08. The number of carbonyl (C=O) groups excluding carboxylic acids is 1. The minimum atomic E-state index is -0.519. The zero-order valence-electron chi connectivity index (χ0n) is 11.3. The van der Waals surface area contributed by atoms with Gasteiger partial charge in [-0.25, -0.2) is 4.79 Å². The number of rotatable bonds is 3. The smallest absolute Gasteiger partial charge is 0.361 e. The molecule has 1 atom stereocenters. The second-order valence-corrected chi connectivity index (χ2v) is 5.77. The maximum absolute atomic E-state index is 12.0. The molecule has 1 fully saturated rings. The molecular weight excluding hydrogens is 232 g/mol. The lowest BCUT2D eigenvalue weighted by Crippen LogP contribution is -2.45. The summed E-state index contributed by atoms with van der Waals surface area (Å²) < 4.78 is 5.33. The zero-order chi connectivity index (χ0) is 13.3. The number of aromatic amines is 1. The molecule has 0 saturated carbocycles. The van der Waals surface area contributed by atoms with Crippen molar-refractivity contribution in [2.24, 2.45) is 5.92 Å². The van der Waals surface area contributed by atoms with Crippen LogP contribution in [0, 0.1) is 5.92 Å². The Labute approximate surface area is 106 Å². The molecule has 0 spiro atoms. The van der Waals surface area contributed by atoms with Gasteiger partial charge in [0.15, 0.2) is 5.69 Å². The normalized spacial score (nSPS) is 18.2. The largest absolute Gasteiger partial charge is 0.455 e. The molecule has 1 aromatic heterocycles. The summed E-state index contributed by atoms with van der Waals surface area (Å²) >= 11 is 0. The molecule has 100 valence electrons. The van der Waals surface area contributed by atoms with Crippen molar-refractivity contribution in [3.63, 3.8) is 0 Å². The van der Waals surface area contributed by atoms with Gasteiger partial charge in [-0.05, 0) is 39.8 Å². The van der Waals surface area contributed by atoms with E-state index in [2.05, 4.69) is 27.7 Å². The van der Waals surface area contributed by atoms with Gasteiger partial charge in [0.05, 0.1) is 0 Å². The van der Waals surface area contributed by atoms with Crippen LogP contribution in [0.5, 0.6) is 0 Å². The van der Waals surface area contributed by atoms with Crippen LogP contribution in [0.1, 0.15) is 49.8 Å². The van der Waals surface area contributed by atoms with E-state index in [1.807, 2.05) is 20.8 Å². The zero-order valence-corrected chi connectivity index (χ0v) is 11.3. The summed E-state index contributed by atoms with van der Waals surface area (Å²) in [5.74, 6) is 0.300. The Morgan fingerprint density at radius 1 is 1.39 bits per heavy atom. The molecule has 0 aromatic carbocycles. The SMILES string of the molecule is CC(c1n[nH]nc1C(=O)OC(C)(C)C)C1CNC1. The third-order valence-electron chi connectivity index (χ3n) is 3.12. The number of H-pyrrole nitrogens is 1. The molecule has 6 heteroatoms. The summed E-state index contributed by atoms with van der Waals surface area (Å²) in [4.78, 5) is 12.0. The fourth-order valence-corrected chi connectivity index (χ4v) is 1.92. The van der Waals surface area contributed by atoms with Crippen LogP contribution >= 0.6 is 0 Å². The molecule has 2 rings (SSSR count). The van der Waals surface area contributed by atoms with E-state index in [1.54, 1.807) is 0 Å². The van der Waals surface area contributed by atoms with E-state index in [9.17, 15) is 4.79 Å². The Hall–Kier alpha value is -1.43. The van der Waals surface area contributed by atoms with Crippen molar-refractivity contribution in [1.82, 2.24) is 20.7 Å². The van der Waals surface area contributed by atoms with Gasteiger partial charge in [-0.15, -0.1) is 5.10 Å². The number of carbonyl (C=O) groups is 1. The van der Waals surface area contributed by atoms with Crippen molar-refractivity contribution in [3.05, 3.63) is 11.4 Å².